The van der Waals surface area contributed by atoms with Crippen LogP contribution in [0.1, 0.15) is 35.4 Å². The van der Waals surface area contributed by atoms with Crippen molar-refractivity contribution in [3.8, 4) is 0 Å². The summed E-state index contributed by atoms with van der Waals surface area (Å²) >= 11 is 6.19. The monoisotopic (exact) mass is 368 g/mol. The molecule has 5 heteroatoms. The van der Waals surface area contributed by atoms with E-state index in [1.54, 1.807) is 6.07 Å². The first-order valence-corrected chi connectivity index (χ1v) is 9.35. The van der Waals surface area contributed by atoms with Crippen molar-refractivity contribution in [3.63, 3.8) is 0 Å². The summed E-state index contributed by atoms with van der Waals surface area (Å²) in [7, 11) is 0. The van der Waals surface area contributed by atoms with Crippen LogP contribution in [0.4, 0.5) is 11.4 Å². The predicted molar refractivity (Wildman–Crippen MR) is 106 cm³/mol. The molecule has 1 amide bonds. The van der Waals surface area contributed by atoms with Gasteiger partial charge in [-0.1, -0.05) is 29.8 Å². The van der Waals surface area contributed by atoms with Crippen molar-refractivity contribution >= 4 is 39.9 Å². The zero-order valence-corrected chi connectivity index (χ0v) is 15.5. The minimum absolute atomic E-state index is 0.251. The smallest absolute Gasteiger partial charge is 0.291 e. The van der Waals surface area contributed by atoms with Gasteiger partial charge in [0.1, 0.15) is 5.58 Å². The quantitative estimate of drug-likeness (QED) is 0.650. The Morgan fingerprint density at radius 3 is 2.65 bits per heavy atom. The number of nitrogens with zero attached hydrogens (tertiary/aromatic N) is 1. The van der Waals surface area contributed by atoms with E-state index < -0.39 is 0 Å². The van der Waals surface area contributed by atoms with E-state index in [9.17, 15) is 4.79 Å². The maximum atomic E-state index is 12.9. The summed E-state index contributed by atoms with van der Waals surface area (Å²) in [6, 6.07) is 13.3. The number of benzene rings is 2. The highest BCUT2D eigenvalue weighted by molar-refractivity contribution is 6.31. The molecule has 1 aliphatic heterocycles. The molecule has 0 atom stereocenters. The van der Waals surface area contributed by atoms with E-state index >= 15 is 0 Å². The topological polar surface area (TPSA) is 45.5 Å². The third-order valence-corrected chi connectivity index (χ3v) is 5.19. The third kappa shape index (κ3) is 3.17. The number of hydrogen-bond acceptors (Lipinski definition) is 3. The van der Waals surface area contributed by atoms with Crippen LogP contribution in [0.2, 0.25) is 5.02 Å². The molecule has 0 aliphatic carbocycles. The van der Waals surface area contributed by atoms with Gasteiger partial charge in [-0.2, -0.15) is 0 Å². The van der Waals surface area contributed by atoms with Gasteiger partial charge in [-0.25, -0.2) is 0 Å². The van der Waals surface area contributed by atoms with Crippen molar-refractivity contribution in [1.82, 2.24) is 0 Å². The summed E-state index contributed by atoms with van der Waals surface area (Å²) in [5.74, 6) is 0.0926. The van der Waals surface area contributed by atoms with Gasteiger partial charge < -0.3 is 14.6 Å². The molecule has 1 fully saturated rings. The minimum atomic E-state index is -0.251. The van der Waals surface area contributed by atoms with Crippen molar-refractivity contribution < 1.29 is 9.21 Å². The molecule has 0 saturated carbocycles. The van der Waals surface area contributed by atoms with Crippen LogP contribution < -0.4 is 10.2 Å². The van der Waals surface area contributed by atoms with Crippen molar-refractivity contribution in [2.75, 3.05) is 23.3 Å². The molecule has 0 radical (unpaired) electrons. The fourth-order valence-corrected chi connectivity index (χ4v) is 3.76. The van der Waals surface area contributed by atoms with Gasteiger partial charge in [0.25, 0.3) is 5.91 Å². The summed E-state index contributed by atoms with van der Waals surface area (Å²) in [6.07, 6.45) is 3.58. The van der Waals surface area contributed by atoms with Crippen LogP contribution in [0.5, 0.6) is 0 Å². The lowest BCUT2D eigenvalue weighted by atomic mass is 10.1. The predicted octanol–water partition coefficient (Wildman–Crippen LogP) is 5.64. The first-order valence-electron chi connectivity index (χ1n) is 8.97. The number of furan rings is 1. The van der Waals surface area contributed by atoms with Crippen molar-refractivity contribution in [2.24, 2.45) is 0 Å². The van der Waals surface area contributed by atoms with Crippen LogP contribution in [0.25, 0.3) is 11.0 Å². The van der Waals surface area contributed by atoms with Gasteiger partial charge in [0.15, 0.2) is 5.76 Å². The Kier molecular flexibility index (Phi) is 4.60. The molecular formula is C21H21ClN2O2. The Morgan fingerprint density at radius 2 is 1.88 bits per heavy atom. The Bertz CT molecular complexity index is 958. The molecule has 134 valence electrons. The molecule has 1 aromatic heterocycles. The number of halogens is 1. The largest absolute Gasteiger partial charge is 0.451 e. The lowest BCUT2D eigenvalue weighted by molar-refractivity contribution is 0.0998. The van der Waals surface area contributed by atoms with E-state index in [-0.39, 0.29) is 5.91 Å². The first-order chi connectivity index (χ1) is 12.6. The average molecular weight is 369 g/mol. The number of rotatable bonds is 3. The fraction of sp³-hybridized carbons (Fsp3) is 0.286. The molecule has 1 aliphatic rings. The summed E-state index contributed by atoms with van der Waals surface area (Å²) in [5.41, 5.74) is 3.30. The summed E-state index contributed by atoms with van der Waals surface area (Å²) in [4.78, 5) is 15.2. The second-order valence-corrected chi connectivity index (χ2v) is 7.15. The molecule has 1 N–H and O–H groups in total. The van der Waals surface area contributed by atoms with Gasteiger partial charge in [-0.3, -0.25) is 4.79 Å². The normalized spacial score (nSPS) is 14.6. The summed E-state index contributed by atoms with van der Waals surface area (Å²) in [6.45, 7) is 3.90. The molecule has 0 spiro atoms. The molecule has 0 unspecified atom stereocenters. The second kappa shape index (κ2) is 7.04. The lowest BCUT2D eigenvalue weighted by Gasteiger charge is -2.30. The number of piperidine rings is 1. The van der Waals surface area contributed by atoms with Gasteiger partial charge in [0.05, 0.1) is 11.4 Å². The zero-order valence-electron chi connectivity index (χ0n) is 14.7. The van der Waals surface area contributed by atoms with Crippen LogP contribution >= 0.6 is 11.6 Å². The number of hydrogen-bond donors (Lipinski definition) is 1. The SMILES string of the molecule is Cc1c(C(=O)Nc2cc(Cl)ccc2N2CCCCC2)oc2ccccc12. The number of anilines is 2. The number of fused-ring (bicyclic) bond motifs is 1. The van der Waals surface area contributed by atoms with E-state index in [1.165, 1.54) is 19.3 Å². The summed E-state index contributed by atoms with van der Waals surface area (Å²) in [5, 5.41) is 4.57. The Hall–Kier alpha value is -2.46. The minimum Gasteiger partial charge on any atom is -0.451 e. The van der Waals surface area contributed by atoms with Crippen molar-refractivity contribution in [2.45, 2.75) is 26.2 Å². The standard InChI is InChI=1S/C21H21ClN2O2/c1-14-16-7-3-4-8-19(16)26-20(14)21(25)23-17-13-15(22)9-10-18(17)24-11-5-2-6-12-24/h3-4,7-10,13H,2,5-6,11-12H2,1H3,(H,23,25). The maximum absolute atomic E-state index is 12.9. The Labute approximate surface area is 157 Å². The van der Waals surface area contributed by atoms with E-state index in [1.807, 2.05) is 43.3 Å². The third-order valence-electron chi connectivity index (χ3n) is 4.95. The average Bonchev–Trinajstić information content (AvgIpc) is 3.00. The van der Waals surface area contributed by atoms with Gasteiger partial charge >= 0.3 is 0 Å². The maximum Gasteiger partial charge on any atom is 0.291 e. The number of carbonyl (C=O) groups is 1. The molecule has 4 nitrogen and oxygen atoms in total. The molecule has 2 heterocycles. The highest BCUT2D eigenvalue weighted by Gasteiger charge is 2.21. The molecule has 0 bridgehead atoms. The number of para-hydroxylation sites is 1. The van der Waals surface area contributed by atoms with Crippen LogP contribution in [0.15, 0.2) is 46.9 Å². The number of aryl methyl sites for hydroxylation is 1. The van der Waals surface area contributed by atoms with Crippen molar-refractivity contribution in [1.29, 1.82) is 0 Å². The Balaban J connectivity index is 1.66. The second-order valence-electron chi connectivity index (χ2n) is 6.72. The van der Waals surface area contributed by atoms with Crippen LogP contribution in [0.3, 0.4) is 0 Å². The van der Waals surface area contributed by atoms with E-state index in [2.05, 4.69) is 10.2 Å². The Morgan fingerprint density at radius 1 is 1.12 bits per heavy atom. The zero-order chi connectivity index (χ0) is 18.1. The van der Waals surface area contributed by atoms with Gasteiger partial charge in [0, 0.05) is 29.1 Å². The first kappa shape index (κ1) is 17.0. The fourth-order valence-electron chi connectivity index (χ4n) is 3.59. The number of nitrogens with one attached hydrogen (secondary N) is 1. The molecule has 1 saturated heterocycles. The van der Waals surface area contributed by atoms with Gasteiger partial charge in [-0.15, -0.1) is 0 Å². The number of carbonyl (C=O) groups excluding carboxylic acids is 1. The molecule has 3 aromatic rings. The summed E-state index contributed by atoms with van der Waals surface area (Å²) < 4.78 is 5.79. The molecule has 26 heavy (non-hydrogen) atoms. The van der Waals surface area contributed by atoms with Crippen LogP contribution in [-0.2, 0) is 0 Å². The van der Waals surface area contributed by atoms with E-state index in [0.29, 0.717) is 10.8 Å². The van der Waals surface area contributed by atoms with Crippen molar-refractivity contribution in [3.05, 3.63) is 58.8 Å². The van der Waals surface area contributed by atoms with Gasteiger partial charge in [-0.05, 0) is 50.5 Å². The number of amides is 1. The highest BCUT2D eigenvalue weighted by atomic mass is 35.5. The van der Waals surface area contributed by atoms with E-state index in [4.69, 9.17) is 16.0 Å². The van der Waals surface area contributed by atoms with Crippen LogP contribution in [-0.4, -0.2) is 19.0 Å². The molecule has 2 aromatic carbocycles. The lowest BCUT2D eigenvalue weighted by Crippen LogP contribution is -2.30. The highest BCUT2D eigenvalue weighted by Crippen LogP contribution is 2.32. The van der Waals surface area contributed by atoms with Gasteiger partial charge in [0.2, 0.25) is 0 Å². The molecule has 4 rings (SSSR count). The molecular weight excluding hydrogens is 348 g/mol. The van der Waals surface area contributed by atoms with Crippen LogP contribution in [0, 0.1) is 6.92 Å². The van der Waals surface area contributed by atoms with E-state index in [0.717, 1.165) is 41.0 Å².